The van der Waals surface area contributed by atoms with E-state index in [1.54, 1.807) is 18.2 Å². The molecule has 0 fully saturated rings. The van der Waals surface area contributed by atoms with Crippen LogP contribution in [0, 0.1) is 0 Å². The van der Waals surface area contributed by atoms with Gasteiger partial charge in [0.1, 0.15) is 17.4 Å². The molecule has 0 unspecified atom stereocenters. The summed E-state index contributed by atoms with van der Waals surface area (Å²) in [5, 5.41) is 17.8. The lowest BCUT2D eigenvalue weighted by Crippen LogP contribution is -2.12. The second-order valence-corrected chi connectivity index (χ2v) is 6.52. The number of amides is 1. The quantitative estimate of drug-likeness (QED) is 0.288. The average molecular weight is 434 g/mol. The van der Waals surface area contributed by atoms with Crippen LogP contribution < -0.4 is 20.7 Å². The van der Waals surface area contributed by atoms with Gasteiger partial charge in [-0.05, 0) is 41.9 Å². The number of nitrogens with one attached hydrogen (secondary N) is 3. The first-order valence-electron chi connectivity index (χ1n) is 8.51. The maximum atomic E-state index is 10.7. The fraction of sp³-hybridized carbons (Fsp3) is 0.105. The predicted octanol–water partition coefficient (Wildman–Crippen LogP) is 5.11. The van der Waals surface area contributed by atoms with E-state index in [0.29, 0.717) is 35.4 Å². The Kier molecular flexibility index (Phi) is 6.94. The summed E-state index contributed by atoms with van der Waals surface area (Å²) in [5.74, 6) is 1.06. The van der Waals surface area contributed by atoms with Crippen LogP contribution in [0.4, 0.5) is 27.7 Å². The Morgan fingerprint density at radius 2 is 1.83 bits per heavy atom. The summed E-state index contributed by atoms with van der Waals surface area (Å²) in [4.78, 5) is 18.6. The highest BCUT2D eigenvalue weighted by molar-refractivity contribution is 6.33. The van der Waals surface area contributed by atoms with Crippen LogP contribution in [-0.2, 0) is 0 Å². The van der Waals surface area contributed by atoms with E-state index in [9.17, 15) is 4.79 Å². The minimum atomic E-state index is -1.11. The summed E-state index contributed by atoms with van der Waals surface area (Å²) < 4.78 is 5.75. The van der Waals surface area contributed by atoms with E-state index in [1.165, 1.54) is 6.20 Å². The second-order valence-electron chi connectivity index (χ2n) is 5.77. The van der Waals surface area contributed by atoms with Crippen LogP contribution in [0.3, 0.4) is 0 Å². The normalized spacial score (nSPS) is 10.3. The van der Waals surface area contributed by atoms with Crippen LogP contribution in [-0.4, -0.2) is 34.3 Å². The molecular weight excluding hydrogens is 417 g/mol. The number of nitrogens with zero attached hydrogens (tertiary/aromatic N) is 2. The van der Waals surface area contributed by atoms with Crippen molar-refractivity contribution in [3.8, 4) is 5.75 Å². The standard InChI is InChI=1S/C19H17Cl2N5O3/c20-16-11-23-18(21)26-17(16)24-14-5-2-6-15(10-14)29-8-7-22-12-3-1-4-13(9-12)25-19(27)28/h1-6,9-11,22,25H,7-8H2,(H,27,28)(H,23,24,26). The monoisotopic (exact) mass is 433 g/mol. The fourth-order valence-corrected chi connectivity index (χ4v) is 2.70. The number of carbonyl (C=O) groups is 1. The van der Waals surface area contributed by atoms with Gasteiger partial charge in [-0.2, -0.15) is 4.98 Å². The summed E-state index contributed by atoms with van der Waals surface area (Å²) in [6.07, 6.45) is 0.316. The van der Waals surface area contributed by atoms with E-state index >= 15 is 0 Å². The Hall–Kier alpha value is -3.23. The molecule has 1 aromatic heterocycles. The first kappa shape index (κ1) is 20.5. The lowest BCUT2D eigenvalue weighted by Gasteiger charge is -2.12. The lowest BCUT2D eigenvalue weighted by molar-refractivity contribution is 0.210. The molecule has 0 bridgehead atoms. The number of anilines is 4. The molecule has 3 rings (SSSR count). The minimum absolute atomic E-state index is 0.0954. The molecule has 2 aromatic carbocycles. The first-order chi connectivity index (χ1) is 14.0. The van der Waals surface area contributed by atoms with Gasteiger partial charge in [0.05, 0.1) is 6.20 Å². The van der Waals surface area contributed by atoms with Gasteiger partial charge >= 0.3 is 6.09 Å². The topological polar surface area (TPSA) is 108 Å². The summed E-state index contributed by atoms with van der Waals surface area (Å²) in [6.45, 7) is 0.932. The summed E-state index contributed by atoms with van der Waals surface area (Å²) >= 11 is 11.9. The zero-order valence-corrected chi connectivity index (χ0v) is 16.5. The van der Waals surface area contributed by atoms with Gasteiger partial charge < -0.3 is 20.5 Å². The smallest absolute Gasteiger partial charge is 0.409 e. The highest BCUT2D eigenvalue weighted by Crippen LogP contribution is 2.26. The van der Waals surface area contributed by atoms with E-state index in [-0.39, 0.29) is 5.28 Å². The molecule has 150 valence electrons. The van der Waals surface area contributed by atoms with E-state index in [2.05, 4.69) is 25.9 Å². The van der Waals surface area contributed by atoms with Crippen LogP contribution in [0.25, 0.3) is 0 Å². The Bertz CT molecular complexity index is 1000. The van der Waals surface area contributed by atoms with Crippen LogP contribution in [0.5, 0.6) is 5.75 Å². The highest BCUT2D eigenvalue weighted by atomic mass is 35.5. The van der Waals surface area contributed by atoms with Gasteiger partial charge in [-0.25, -0.2) is 9.78 Å². The van der Waals surface area contributed by atoms with Crippen molar-refractivity contribution < 1.29 is 14.6 Å². The minimum Gasteiger partial charge on any atom is -0.492 e. The molecule has 0 aliphatic rings. The number of rotatable bonds is 8. The van der Waals surface area contributed by atoms with Crippen molar-refractivity contribution in [2.75, 3.05) is 29.1 Å². The SMILES string of the molecule is O=C(O)Nc1cccc(NCCOc2cccc(Nc3nc(Cl)ncc3Cl)c2)c1. The fourth-order valence-electron chi connectivity index (χ4n) is 2.43. The lowest BCUT2D eigenvalue weighted by atomic mass is 10.3. The number of halogens is 2. The molecule has 3 aromatic rings. The molecule has 0 aliphatic carbocycles. The number of hydrogen-bond donors (Lipinski definition) is 4. The molecule has 0 saturated carbocycles. The number of ether oxygens (including phenoxy) is 1. The van der Waals surface area contributed by atoms with Gasteiger partial charge in [-0.3, -0.25) is 5.32 Å². The van der Waals surface area contributed by atoms with Crippen molar-refractivity contribution in [1.29, 1.82) is 0 Å². The van der Waals surface area contributed by atoms with E-state index in [0.717, 1.165) is 11.4 Å². The summed E-state index contributed by atoms with van der Waals surface area (Å²) in [6, 6.07) is 14.3. The van der Waals surface area contributed by atoms with Gasteiger partial charge in [0.2, 0.25) is 5.28 Å². The molecule has 1 amide bonds. The van der Waals surface area contributed by atoms with Gasteiger partial charge in [0.15, 0.2) is 5.82 Å². The van der Waals surface area contributed by atoms with E-state index in [1.807, 2.05) is 30.3 Å². The number of hydrogen-bond acceptors (Lipinski definition) is 6. The highest BCUT2D eigenvalue weighted by Gasteiger charge is 2.06. The number of aromatic nitrogens is 2. The van der Waals surface area contributed by atoms with Crippen molar-refractivity contribution in [1.82, 2.24) is 9.97 Å². The van der Waals surface area contributed by atoms with Crippen molar-refractivity contribution in [3.63, 3.8) is 0 Å². The number of benzene rings is 2. The molecular formula is C19H17Cl2N5O3. The maximum Gasteiger partial charge on any atom is 0.409 e. The molecule has 8 nitrogen and oxygen atoms in total. The van der Waals surface area contributed by atoms with Crippen LogP contribution in [0.15, 0.2) is 54.7 Å². The van der Waals surface area contributed by atoms with Crippen LogP contribution in [0.2, 0.25) is 10.3 Å². The third-order valence-corrected chi connectivity index (χ3v) is 4.08. The number of carboxylic acid groups (broad SMARTS) is 1. The third kappa shape index (κ3) is 6.41. The van der Waals surface area contributed by atoms with Gasteiger partial charge in [-0.1, -0.05) is 23.7 Å². The molecule has 0 atom stereocenters. The third-order valence-electron chi connectivity index (χ3n) is 3.63. The summed E-state index contributed by atoms with van der Waals surface area (Å²) in [7, 11) is 0. The molecule has 1 heterocycles. The molecule has 0 saturated heterocycles. The van der Waals surface area contributed by atoms with Gasteiger partial charge in [0, 0.05) is 29.7 Å². The Balaban J connectivity index is 1.52. The molecule has 0 aliphatic heterocycles. The van der Waals surface area contributed by atoms with Crippen LogP contribution in [0.1, 0.15) is 0 Å². The molecule has 10 heteroatoms. The average Bonchev–Trinajstić information content (AvgIpc) is 2.68. The second kappa shape index (κ2) is 9.81. The van der Waals surface area contributed by atoms with Gasteiger partial charge in [0.25, 0.3) is 0 Å². The summed E-state index contributed by atoms with van der Waals surface area (Å²) in [5.41, 5.74) is 2.01. The van der Waals surface area contributed by atoms with Crippen molar-refractivity contribution in [2.45, 2.75) is 0 Å². The van der Waals surface area contributed by atoms with Crippen LogP contribution >= 0.6 is 23.2 Å². The zero-order valence-electron chi connectivity index (χ0n) is 15.0. The molecule has 0 radical (unpaired) electrons. The van der Waals surface area contributed by atoms with Gasteiger partial charge in [-0.15, -0.1) is 0 Å². The Labute approximate surface area is 176 Å². The Morgan fingerprint density at radius 3 is 2.66 bits per heavy atom. The molecule has 4 N–H and O–H groups in total. The molecule has 0 spiro atoms. The zero-order chi connectivity index (χ0) is 20.6. The van der Waals surface area contributed by atoms with E-state index < -0.39 is 6.09 Å². The Morgan fingerprint density at radius 1 is 1.07 bits per heavy atom. The predicted molar refractivity (Wildman–Crippen MR) is 114 cm³/mol. The molecule has 29 heavy (non-hydrogen) atoms. The van der Waals surface area contributed by atoms with Crippen molar-refractivity contribution in [3.05, 3.63) is 65.0 Å². The largest absolute Gasteiger partial charge is 0.492 e. The van der Waals surface area contributed by atoms with Crippen molar-refractivity contribution >= 4 is 52.2 Å². The van der Waals surface area contributed by atoms with E-state index in [4.69, 9.17) is 33.0 Å². The van der Waals surface area contributed by atoms with Crippen molar-refractivity contribution in [2.24, 2.45) is 0 Å². The maximum absolute atomic E-state index is 10.7. The first-order valence-corrected chi connectivity index (χ1v) is 9.27.